The van der Waals surface area contributed by atoms with E-state index in [0.29, 0.717) is 6.04 Å². The molecular formula is C16H27NO. The fourth-order valence-corrected chi connectivity index (χ4v) is 2.05. The van der Waals surface area contributed by atoms with Crippen molar-refractivity contribution >= 4 is 0 Å². The summed E-state index contributed by atoms with van der Waals surface area (Å²) in [4.78, 5) is 0. The normalized spacial score (nSPS) is 12.6. The van der Waals surface area contributed by atoms with Gasteiger partial charge in [0.1, 0.15) is 0 Å². The van der Waals surface area contributed by atoms with E-state index in [1.54, 1.807) is 0 Å². The Bertz CT molecular complexity index is 278. The van der Waals surface area contributed by atoms with Gasteiger partial charge in [0.25, 0.3) is 0 Å². The topological polar surface area (TPSA) is 21.3 Å². The van der Waals surface area contributed by atoms with E-state index in [4.69, 9.17) is 4.74 Å². The van der Waals surface area contributed by atoms with Crippen LogP contribution in [0.4, 0.5) is 0 Å². The molecule has 1 unspecified atom stereocenters. The molecule has 0 aliphatic carbocycles. The molecular weight excluding hydrogens is 222 g/mol. The van der Waals surface area contributed by atoms with Crippen molar-refractivity contribution in [2.75, 3.05) is 19.8 Å². The van der Waals surface area contributed by atoms with Crippen molar-refractivity contribution in [3.63, 3.8) is 0 Å². The monoisotopic (exact) mass is 249 g/mol. The van der Waals surface area contributed by atoms with E-state index >= 15 is 0 Å². The largest absolute Gasteiger partial charge is 0.380 e. The molecule has 0 radical (unpaired) electrons. The Morgan fingerprint density at radius 2 is 1.94 bits per heavy atom. The summed E-state index contributed by atoms with van der Waals surface area (Å²) in [6.45, 7) is 6.99. The van der Waals surface area contributed by atoms with Gasteiger partial charge in [-0.2, -0.15) is 0 Å². The van der Waals surface area contributed by atoms with Crippen LogP contribution >= 0.6 is 0 Å². The number of benzene rings is 1. The Morgan fingerprint density at radius 1 is 1.17 bits per heavy atom. The van der Waals surface area contributed by atoms with Crippen LogP contribution in [0.1, 0.15) is 38.7 Å². The fraction of sp³-hybridized carbons (Fsp3) is 0.625. The number of hydrogen-bond acceptors (Lipinski definition) is 2. The van der Waals surface area contributed by atoms with E-state index < -0.39 is 0 Å². The summed E-state index contributed by atoms with van der Waals surface area (Å²) in [6, 6.07) is 11.2. The standard InChI is InChI=1S/C16H27NO/c1-3-13-17-16(14-18-4-2)12-8-11-15-9-6-5-7-10-15/h5-7,9-10,16-17H,3-4,8,11-14H2,1-2H3. The highest BCUT2D eigenvalue weighted by atomic mass is 16.5. The lowest BCUT2D eigenvalue weighted by Gasteiger charge is -2.18. The van der Waals surface area contributed by atoms with Crippen LogP contribution in [0.15, 0.2) is 30.3 Å². The molecule has 1 aromatic carbocycles. The van der Waals surface area contributed by atoms with E-state index in [0.717, 1.165) is 26.2 Å². The maximum Gasteiger partial charge on any atom is 0.0619 e. The van der Waals surface area contributed by atoms with E-state index in [9.17, 15) is 0 Å². The van der Waals surface area contributed by atoms with Crippen molar-refractivity contribution in [3.8, 4) is 0 Å². The van der Waals surface area contributed by atoms with E-state index in [-0.39, 0.29) is 0 Å². The van der Waals surface area contributed by atoms with Crippen LogP contribution in [0.5, 0.6) is 0 Å². The van der Waals surface area contributed by atoms with Crippen molar-refractivity contribution in [2.45, 2.75) is 45.6 Å². The SMILES string of the molecule is CCCNC(CCCc1ccccc1)COCC. The molecule has 1 N–H and O–H groups in total. The summed E-state index contributed by atoms with van der Waals surface area (Å²) in [5.41, 5.74) is 1.43. The molecule has 0 aromatic heterocycles. The van der Waals surface area contributed by atoms with E-state index in [1.165, 1.54) is 24.8 Å². The third-order valence-corrected chi connectivity index (χ3v) is 3.07. The van der Waals surface area contributed by atoms with Gasteiger partial charge in [0.2, 0.25) is 0 Å². The zero-order valence-corrected chi connectivity index (χ0v) is 11.8. The minimum atomic E-state index is 0.508. The van der Waals surface area contributed by atoms with Crippen molar-refractivity contribution in [1.29, 1.82) is 0 Å². The Balaban J connectivity index is 2.23. The average molecular weight is 249 g/mol. The van der Waals surface area contributed by atoms with Gasteiger partial charge in [-0.25, -0.2) is 0 Å². The lowest BCUT2D eigenvalue weighted by molar-refractivity contribution is 0.119. The predicted octanol–water partition coefficient (Wildman–Crippen LogP) is 3.41. The molecule has 2 heteroatoms. The first-order chi connectivity index (χ1) is 8.86. The summed E-state index contributed by atoms with van der Waals surface area (Å²) in [6.07, 6.45) is 4.76. The van der Waals surface area contributed by atoms with Gasteiger partial charge in [0, 0.05) is 12.6 Å². The number of rotatable bonds is 10. The highest BCUT2D eigenvalue weighted by Gasteiger charge is 2.07. The molecule has 0 aliphatic rings. The molecule has 1 aromatic rings. The first kappa shape index (κ1) is 15.2. The number of aryl methyl sites for hydroxylation is 1. The molecule has 0 aliphatic heterocycles. The molecule has 0 saturated heterocycles. The molecule has 1 atom stereocenters. The van der Waals surface area contributed by atoms with Crippen molar-refractivity contribution < 1.29 is 4.74 Å². The zero-order chi connectivity index (χ0) is 13.1. The zero-order valence-electron chi connectivity index (χ0n) is 11.8. The fourth-order valence-electron chi connectivity index (χ4n) is 2.05. The lowest BCUT2D eigenvalue weighted by atomic mass is 10.0. The van der Waals surface area contributed by atoms with Crippen LogP contribution in [0, 0.1) is 0 Å². The van der Waals surface area contributed by atoms with Crippen molar-refractivity contribution in [2.24, 2.45) is 0 Å². The first-order valence-electron chi connectivity index (χ1n) is 7.21. The summed E-state index contributed by atoms with van der Waals surface area (Å²) in [7, 11) is 0. The van der Waals surface area contributed by atoms with Crippen LogP contribution < -0.4 is 5.32 Å². The lowest BCUT2D eigenvalue weighted by Crippen LogP contribution is -2.34. The smallest absolute Gasteiger partial charge is 0.0619 e. The minimum Gasteiger partial charge on any atom is -0.380 e. The second-order valence-corrected chi connectivity index (χ2v) is 4.69. The summed E-state index contributed by atoms with van der Waals surface area (Å²) in [5.74, 6) is 0. The molecule has 1 rings (SSSR count). The maximum absolute atomic E-state index is 5.53. The van der Waals surface area contributed by atoms with Gasteiger partial charge in [0.05, 0.1) is 6.61 Å². The first-order valence-corrected chi connectivity index (χ1v) is 7.21. The quantitative estimate of drug-likeness (QED) is 0.686. The predicted molar refractivity (Wildman–Crippen MR) is 78.0 cm³/mol. The molecule has 0 amide bonds. The molecule has 0 fully saturated rings. The molecule has 18 heavy (non-hydrogen) atoms. The summed E-state index contributed by atoms with van der Waals surface area (Å²) < 4.78 is 5.53. The van der Waals surface area contributed by atoms with Crippen LogP contribution in [0.2, 0.25) is 0 Å². The third-order valence-electron chi connectivity index (χ3n) is 3.07. The molecule has 0 heterocycles. The van der Waals surface area contributed by atoms with E-state index in [2.05, 4.69) is 49.5 Å². The second-order valence-electron chi connectivity index (χ2n) is 4.69. The summed E-state index contributed by atoms with van der Waals surface area (Å²) in [5, 5.41) is 3.57. The molecule has 102 valence electrons. The Kier molecular flexibility index (Phi) is 8.53. The van der Waals surface area contributed by atoms with Gasteiger partial charge < -0.3 is 10.1 Å². The molecule has 2 nitrogen and oxygen atoms in total. The van der Waals surface area contributed by atoms with Crippen LogP contribution in [-0.4, -0.2) is 25.8 Å². The van der Waals surface area contributed by atoms with Gasteiger partial charge in [-0.1, -0.05) is 37.3 Å². The molecule has 0 saturated carbocycles. The number of ether oxygens (including phenoxy) is 1. The highest BCUT2D eigenvalue weighted by molar-refractivity contribution is 5.14. The second kappa shape index (κ2) is 10.1. The average Bonchev–Trinajstić information content (AvgIpc) is 2.42. The maximum atomic E-state index is 5.53. The Labute approximate surface area is 112 Å². The van der Waals surface area contributed by atoms with Gasteiger partial charge in [0.15, 0.2) is 0 Å². The number of nitrogens with one attached hydrogen (secondary N) is 1. The highest BCUT2D eigenvalue weighted by Crippen LogP contribution is 2.07. The van der Waals surface area contributed by atoms with Gasteiger partial charge >= 0.3 is 0 Å². The van der Waals surface area contributed by atoms with Gasteiger partial charge in [-0.05, 0) is 44.7 Å². The summed E-state index contributed by atoms with van der Waals surface area (Å²) >= 11 is 0. The third kappa shape index (κ3) is 6.77. The van der Waals surface area contributed by atoms with Crippen LogP contribution in [-0.2, 0) is 11.2 Å². The number of hydrogen-bond donors (Lipinski definition) is 1. The molecule has 0 bridgehead atoms. The Hall–Kier alpha value is -0.860. The van der Waals surface area contributed by atoms with Crippen molar-refractivity contribution in [1.82, 2.24) is 5.32 Å². The minimum absolute atomic E-state index is 0.508. The molecule has 0 spiro atoms. The van der Waals surface area contributed by atoms with E-state index in [1.807, 2.05) is 0 Å². The van der Waals surface area contributed by atoms with Gasteiger partial charge in [-0.15, -0.1) is 0 Å². The Morgan fingerprint density at radius 3 is 2.61 bits per heavy atom. The van der Waals surface area contributed by atoms with Crippen LogP contribution in [0.3, 0.4) is 0 Å². The van der Waals surface area contributed by atoms with Gasteiger partial charge in [-0.3, -0.25) is 0 Å². The van der Waals surface area contributed by atoms with Crippen LogP contribution in [0.25, 0.3) is 0 Å². The van der Waals surface area contributed by atoms with Crippen molar-refractivity contribution in [3.05, 3.63) is 35.9 Å².